The van der Waals surface area contributed by atoms with E-state index in [1.807, 2.05) is 18.2 Å². The Morgan fingerprint density at radius 2 is 1.57 bits per heavy atom. The van der Waals surface area contributed by atoms with E-state index in [4.69, 9.17) is 4.98 Å². The fourth-order valence-corrected chi connectivity index (χ4v) is 5.65. The summed E-state index contributed by atoms with van der Waals surface area (Å²) in [6, 6.07) is 20.3. The molecule has 0 aliphatic heterocycles. The summed E-state index contributed by atoms with van der Waals surface area (Å²) in [7, 11) is 0. The van der Waals surface area contributed by atoms with Crippen LogP contribution in [0.25, 0.3) is 16.7 Å². The van der Waals surface area contributed by atoms with E-state index in [0.717, 1.165) is 40.3 Å². The highest BCUT2D eigenvalue weighted by atomic mass is 19.1. The van der Waals surface area contributed by atoms with Crippen molar-refractivity contribution < 1.29 is 18.0 Å². The van der Waals surface area contributed by atoms with Crippen LogP contribution in [0.5, 0.6) is 0 Å². The molecule has 0 N–H and O–H groups in total. The standard InChI is InChI=1S/C35H32F3NO/c1-22(2)14-23-5-7-25(8-6-23)33-4-3-13-39-35(33)28(15-24-16-30(37)20-31(38)17-24)19-32(40)18-27-10-9-26-11-12-29(36)21-34(26)27/h3-8,10-13,16-17,20-22,28H,9,14-15,18-19H2,1-2H3/t28-/m1/s1. The van der Waals surface area contributed by atoms with Crippen molar-refractivity contribution in [2.45, 2.75) is 51.9 Å². The predicted molar refractivity (Wildman–Crippen MR) is 153 cm³/mol. The Bertz CT molecular complexity index is 1540. The number of pyridine rings is 1. The number of carbonyl (C=O) groups is 1. The van der Waals surface area contributed by atoms with E-state index in [1.165, 1.54) is 29.8 Å². The Kier molecular flexibility index (Phi) is 8.29. The summed E-state index contributed by atoms with van der Waals surface area (Å²) in [4.78, 5) is 18.2. The molecule has 0 amide bonds. The van der Waals surface area contributed by atoms with Gasteiger partial charge in [-0.2, -0.15) is 0 Å². The van der Waals surface area contributed by atoms with Crippen LogP contribution >= 0.6 is 0 Å². The molecule has 1 aliphatic rings. The number of hydrogen-bond donors (Lipinski definition) is 0. The van der Waals surface area contributed by atoms with Gasteiger partial charge in [0.15, 0.2) is 0 Å². The minimum Gasteiger partial charge on any atom is -0.299 e. The highest BCUT2D eigenvalue weighted by Crippen LogP contribution is 2.35. The third-order valence-electron chi connectivity index (χ3n) is 7.39. The number of fused-ring (bicyclic) bond motifs is 1. The van der Waals surface area contributed by atoms with Crippen LogP contribution in [0, 0.1) is 23.4 Å². The molecule has 0 unspecified atom stereocenters. The van der Waals surface area contributed by atoms with Gasteiger partial charge in [0.25, 0.3) is 0 Å². The average Bonchev–Trinajstić information content (AvgIpc) is 3.29. The first-order valence-corrected chi connectivity index (χ1v) is 13.7. The lowest BCUT2D eigenvalue weighted by Gasteiger charge is -2.20. The van der Waals surface area contributed by atoms with Gasteiger partial charge in [0.1, 0.15) is 23.2 Å². The van der Waals surface area contributed by atoms with Gasteiger partial charge in [-0.15, -0.1) is 0 Å². The molecule has 204 valence electrons. The fourth-order valence-electron chi connectivity index (χ4n) is 5.65. The number of Topliss-reactive ketones (excluding diaryl/α,β-unsaturated/α-hetero) is 1. The van der Waals surface area contributed by atoms with Gasteiger partial charge >= 0.3 is 0 Å². The van der Waals surface area contributed by atoms with Crippen LogP contribution in [0.15, 0.2) is 85.1 Å². The number of rotatable bonds is 10. The van der Waals surface area contributed by atoms with Crippen molar-refractivity contribution in [1.29, 1.82) is 0 Å². The van der Waals surface area contributed by atoms with Gasteiger partial charge in [0.2, 0.25) is 0 Å². The first-order chi connectivity index (χ1) is 19.2. The topological polar surface area (TPSA) is 30.0 Å². The number of halogens is 3. The monoisotopic (exact) mass is 539 g/mol. The lowest BCUT2D eigenvalue weighted by molar-refractivity contribution is -0.118. The third-order valence-corrected chi connectivity index (χ3v) is 7.39. The molecule has 5 rings (SSSR count). The molecule has 0 bridgehead atoms. The molecule has 4 aromatic rings. The fraction of sp³-hybridized carbons (Fsp3) is 0.257. The SMILES string of the molecule is CC(C)Cc1ccc(-c2cccnc2[C@@H](CC(=O)CC2=CCc3ccc(F)cc32)Cc2cc(F)cc(F)c2)cc1. The number of nitrogens with zero attached hydrogens (tertiary/aromatic N) is 1. The van der Waals surface area contributed by atoms with Gasteiger partial charge in [0.05, 0.1) is 5.69 Å². The molecule has 0 saturated heterocycles. The Morgan fingerprint density at radius 1 is 0.825 bits per heavy atom. The molecule has 0 radical (unpaired) electrons. The van der Waals surface area contributed by atoms with E-state index in [2.05, 4.69) is 38.1 Å². The molecule has 5 heteroatoms. The molecule has 2 nitrogen and oxygen atoms in total. The van der Waals surface area contributed by atoms with E-state index in [-0.39, 0.29) is 30.9 Å². The van der Waals surface area contributed by atoms with E-state index >= 15 is 0 Å². The number of ketones is 1. The van der Waals surface area contributed by atoms with Gasteiger partial charge in [0, 0.05) is 36.6 Å². The maximum atomic E-state index is 14.1. The van der Waals surface area contributed by atoms with Crippen LogP contribution < -0.4 is 0 Å². The van der Waals surface area contributed by atoms with Gasteiger partial charge in [-0.05, 0) is 88.9 Å². The van der Waals surface area contributed by atoms with Crippen LogP contribution in [0.2, 0.25) is 0 Å². The second-order valence-electron chi connectivity index (χ2n) is 11.1. The highest BCUT2D eigenvalue weighted by Gasteiger charge is 2.24. The van der Waals surface area contributed by atoms with E-state index in [0.29, 0.717) is 23.6 Å². The molecule has 1 atom stereocenters. The largest absolute Gasteiger partial charge is 0.299 e. The summed E-state index contributed by atoms with van der Waals surface area (Å²) in [6.07, 6.45) is 5.86. The maximum Gasteiger partial charge on any atom is 0.137 e. The first-order valence-electron chi connectivity index (χ1n) is 13.7. The first kappa shape index (κ1) is 27.6. The van der Waals surface area contributed by atoms with Crippen LogP contribution in [-0.2, 0) is 24.1 Å². The van der Waals surface area contributed by atoms with Crippen molar-refractivity contribution in [3.63, 3.8) is 0 Å². The number of allylic oxidation sites excluding steroid dienone is 2. The summed E-state index contributed by atoms with van der Waals surface area (Å²) in [5.74, 6) is -1.54. The molecular weight excluding hydrogens is 507 g/mol. The summed E-state index contributed by atoms with van der Waals surface area (Å²) in [5, 5.41) is 0. The van der Waals surface area contributed by atoms with Crippen molar-refractivity contribution in [2.24, 2.45) is 5.92 Å². The minimum absolute atomic E-state index is 0.0332. The number of benzene rings is 3. The highest BCUT2D eigenvalue weighted by molar-refractivity contribution is 5.92. The zero-order valence-corrected chi connectivity index (χ0v) is 22.8. The van der Waals surface area contributed by atoms with Crippen LogP contribution in [0.1, 0.15) is 60.6 Å². The average molecular weight is 540 g/mol. The van der Waals surface area contributed by atoms with E-state index in [1.54, 1.807) is 12.3 Å². The zero-order chi connectivity index (χ0) is 28.2. The van der Waals surface area contributed by atoms with Gasteiger partial charge in [-0.1, -0.05) is 56.3 Å². The molecular formula is C35H32F3NO. The van der Waals surface area contributed by atoms with Crippen molar-refractivity contribution in [3.8, 4) is 11.1 Å². The van der Waals surface area contributed by atoms with Crippen molar-refractivity contribution in [1.82, 2.24) is 4.98 Å². The Morgan fingerprint density at radius 3 is 2.30 bits per heavy atom. The number of aromatic nitrogens is 1. The predicted octanol–water partition coefficient (Wildman–Crippen LogP) is 8.68. The second kappa shape index (κ2) is 12.0. The van der Waals surface area contributed by atoms with Crippen LogP contribution in [-0.4, -0.2) is 10.8 Å². The van der Waals surface area contributed by atoms with Gasteiger partial charge in [-0.3, -0.25) is 9.78 Å². The van der Waals surface area contributed by atoms with Crippen LogP contribution in [0.3, 0.4) is 0 Å². The molecule has 40 heavy (non-hydrogen) atoms. The van der Waals surface area contributed by atoms with E-state index in [9.17, 15) is 18.0 Å². The normalized spacial score (nSPS) is 13.3. The maximum absolute atomic E-state index is 14.1. The quantitative estimate of drug-likeness (QED) is 0.202. The van der Waals surface area contributed by atoms with E-state index < -0.39 is 17.6 Å². The van der Waals surface area contributed by atoms with Gasteiger partial charge in [-0.25, -0.2) is 13.2 Å². The molecule has 0 spiro atoms. The summed E-state index contributed by atoms with van der Waals surface area (Å²) >= 11 is 0. The minimum atomic E-state index is -0.656. The molecule has 1 aromatic heterocycles. The molecule has 3 aromatic carbocycles. The number of carbonyl (C=O) groups excluding carboxylic acids is 1. The summed E-state index contributed by atoms with van der Waals surface area (Å²) < 4.78 is 42.1. The zero-order valence-electron chi connectivity index (χ0n) is 22.8. The van der Waals surface area contributed by atoms with Crippen molar-refractivity contribution in [2.75, 3.05) is 0 Å². The smallest absolute Gasteiger partial charge is 0.137 e. The molecule has 1 aliphatic carbocycles. The molecule has 0 saturated carbocycles. The summed E-state index contributed by atoms with van der Waals surface area (Å²) in [5.41, 5.74) is 6.88. The Hall–Kier alpha value is -3.99. The Balaban J connectivity index is 1.45. The van der Waals surface area contributed by atoms with Gasteiger partial charge < -0.3 is 0 Å². The third kappa shape index (κ3) is 6.59. The summed E-state index contributed by atoms with van der Waals surface area (Å²) in [6.45, 7) is 4.36. The second-order valence-corrected chi connectivity index (χ2v) is 11.1. The molecule has 1 heterocycles. The Labute approximate surface area is 233 Å². The van der Waals surface area contributed by atoms with Crippen molar-refractivity contribution >= 4 is 11.4 Å². The lowest BCUT2D eigenvalue weighted by atomic mass is 9.85. The lowest BCUT2D eigenvalue weighted by Crippen LogP contribution is -2.13. The number of hydrogen-bond acceptors (Lipinski definition) is 2. The van der Waals surface area contributed by atoms with Crippen LogP contribution in [0.4, 0.5) is 13.2 Å². The van der Waals surface area contributed by atoms with Crippen molar-refractivity contribution in [3.05, 3.63) is 130 Å². The molecule has 0 fully saturated rings.